The van der Waals surface area contributed by atoms with E-state index in [0.29, 0.717) is 19.4 Å². The average Bonchev–Trinajstić information content (AvgIpc) is 3.15. The average molecular weight is 316 g/mol. The highest BCUT2D eigenvalue weighted by Gasteiger charge is 2.40. The van der Waals surface area contributed by atoms with Crippen LogP contribution >= 0.6 is 0 Å². The second-order valence-electron chi connectivity index (χ2n) is 6.69. The molecule has 6 nitrogen and oxygen atoms in total. The molecule has 6 heteroatoms. The van der Waals surface area contributed by atoms with Gasteiger partial charge in [-0.15, -0.1) is 0 Å². The van der Waals surface area contributed by atoms with E-state index in [1.807, 2.05) is 6.20 Å². The quantitative estimate of drug-likeness (QED) is 0.892. The smallest absolute Gasteiger partial charge is 0.240 e. The van der Waals surface area contributed by atoms with Gasteiger partial charge >= 0.3 is 0 Å². The Bertz CT molecular complexity index is 558. The van der Waals surface area contributed by atoms with Gasteiger partial charge in [-0.3, -0.25) is 9.89 Å². The van der Waals surface area contributed by atoms with Crippen molar-refractivity contribution in [2.24, 2.45) is 11.3 Å². The molecule has 0 radical (unpaired) electrons. The third kappa shape index (κ3) is 3.40. The number of nitrogens with one attached hydrogen (secondary N) is 2. The Kier molecular flexibility index (Phi) is 4.97. The van der Waals surface area contributed by atoms with Gasteiger partial charge < -0.3 is 10.1 Å². The molecule has 124 valence electrons. The van der Waals surface area contributed by atoms with Crippen LogP contribution in [0.2, 0.25) is 0 Å². The number of aromatic amines is 1. The van der Waals surface area contributed by atoms with Crippen LogP contribution in [0.1, 0.15) is 56.6 Å². The van der Waals surface area contributed by atoms with Crippen LogP contribution in [0.4, 0.5) is 0 Å². The van der Waals surface area contributed by atoms with Crippen LogP contribution in [-0.2, 0) is 9.53 Å². The molecule has 1 aromatic rings. The van der Waals surface area contributed by atoms with Crippen molar-refractivity contribution < 1.29 is 9.53 Å². The molecule has 0 aromatic carbocycles. The topological polar surface area (TPSA) is 90.8 Å². The number of nitriles is 1. The second-order valence-corrected chi connectivity index (χ2v) is 6.69. The molecule has 2 heterocycles. The number of hydrogen-bond acceptors (Lipinski definition) is 4. The van der Waals surface area contributed by atoms with Gasteiger partial charge in [0.15, 0.2) is 0 Å². The zero-order chi connectivity index (χ0) is 16.1. The number of rotatable bonds is 4. The van der Waals surface area contributed by atoms with Gasteiger partial charge in [0.2, 0.25) is 5.91 Å². The fraction of sp³-hybridized carbons (Fsp3) is 0.706. The SMILES string of the molecule is N#CC1(C(=O)NC[C@@H]2CCCO[C@H]2c2cn[nH]c2)CCCCC1. The third-order valence-corrected chi connectivity index (χ3v) is 5.17. The number of H-pyrrole nitrogens is 1. The summed E-state index contributed by atoms with van der Waals surface area (Å²) in [7, 11) is 0. The summed E-state index contributed by atoms with van der Waals surface area (Å²) >= 11 is 0. The number of amides is 1. The van der Waals surface area contributed by atoms with E-state index >= 15 is 0 Å². The van der Waals surface area contributed by atoms with Gasteiger partial charge in [-0.05, 0) is 25.7 Å². The van der Waals surface area contributed by atoms with Crippen molar-refractivity contribution in [1.29, 1.82) is 5.26 Å². The maximum Gasteiger partial charge on any atom is 0.240 e. The molecule has 0 unspecified atom stereocenters. The van der Waals surface area contributed by atoms with Crippen molar-refractivity contribution in [3.63, 3.8) is 0 Å². The Morgan fingerprint density at radius 1 is 1.43 bits per heavy atom. The normalized spacial score (nSPS) is 27.1. The second kappa shape index (κ2) is 7.14. The highest BCUT2D eigenvalue weighted by molar-refractivity contribution is 5.85. The monoisotopic (exact) mass is 316 g/mol. The first-order valence-corrected chi connectivity index (χ1v) is 8.55. The maximum atomic E-state index is 12.6. The van der Waals surface area contributed by atoms with Gasteiger partial charge in [-0.2, -0.15) is 10.4 Å². The van der Waals surface area contributed by atoms with Crippen LogP contribution in [0, 0.1) is 22.7 Å². The predicted molar refractivity (Wildman–Crippen MR) is 84.1 cm³/mol. The van der Waals surface area contributed by atoms with Crippen LogP contribution in [0.25, 0.3) is 0 Å². The van der Waals surface area contributed by atoms with Crippen molar-refractivity contribution in [3.8, 4) is 6.07 Å². The Morgan fingerprint density at radius 3 is 2.96 bits per heavy atom. The summed E-state index contributed by atoms with van der Waals surface area (Å²) in [5.41, 5.74) is 0.204. The Balaban J connectivity index is 1.62. The van der Waals surface area contributed by atoms with Crippen molar-refractivity contribution in [1.82, 2.24) is 15.5 Å². The first-order valence-electron chi connectivity index (χ1n) is 8.55. The molecule has 2 fully saturated rings. The lowest BCUT2D eigenvalue weighted by Gasteiger charge is -2.33. The molecule has 1 aliphatic carbocycles. The fourth-order valence-corrected chi connectivity index (χ4v) is 3.78. The molecule has 23 heavy (non-hydrogen) atoms. The van der Waals surface area contributed by atoms with Crippen molar-refractivity contribution in [2.45, 2.75) is 51.0 Å². The summed E-state index contributed by atoms with van der Waals surface area (Å²) in [4.78, 5) is 12.6. The van der Waals surface area contributed by atoms with Gasteiger partial charge in [0, 0.05) is 30.8 Å². The molecule has 3 rings (SSSR count). The van der Waals surface area contributed by atoms with E-state index in [-0.39, 0.29) is 17.9 Å². The minimum Gasteiger partial charge on any atom is -0.373 e. The number of nitrogens with zero attached hydrogens (tertiary/aromatic N) is 2. The molecule has 2 aliphatic rings. The maximum absolute atomic E-state index is 12.6. The first kappa shape index (κ1) is 16.0. The van der Waals surface area contributed by atoms with E-state index in [1.54, 1.807) is 6.20 Å². The number of ether oxygens (including phenoxy) is 1. The summed E-state index contributed by atoms with van der Waals surface area (Å²) < 4.78 is 5.89. The van der Waals surface area contributed by atoms with Crippen molar-refractivity contribution in [3.05, 3.63) is 18.0 Å². The number of carbonyl (C=O) groups is 1. The van der Waals surface area contributed by atoms with E-state index in [1.165, 1.54) is 0 Å². The van der Waals surface area contributed by atoms with Gasteiger partial charge in [0.05, 0.1) is 18.4 Å². The van der Waals surface area contributed by atoms with E-state index < -0.39 is 5.41 Å². The van der Waals surface area contributed by atoms with E-state index in [4.69, 9.17) is 4.74 Å². The molecule has 2 atom stereocenters. The van der Waals surface area contributed by atoms with Crippen LogP contribution in [-0.4, -0.2) is 29.3 Å². The van der Waals surface area contributed by atoms with Crippen LogP contribution in [0.3, 0.4) is 0 Å². The highest BCUT2D eigenvalue weighted by Crippen LogP contribution is 2.37. The van der Waals surface area contributed by atoms with Gasteiger partial charge in [0.25, 0.3) is 0 Å². The lowest BCUT2D eigenvalue weighted by Crippen LogP contribution is -2.44. The largest absolute Gasteiger partial charge is 0.373 e. The molecule has 1 saturated heterocycles. The Hall–Kier alpha value is -1.87. The minimum absolute atomic E-state index is 0.0350. The van der Waals surface area contributed by atoms with Crippen molar-refractivity contribution >= 4 is 5.91 Å². The van der Waals surface area contributed by atoms with Crippen LogP contribution in [0.15, 0.2) is 12.4 Å². The zero-order valence-corrected chi connectivity index (χ0v) is 13.4. The highest BCUT2D eigenvalue weighted by atomic mass is 16.5. The molecule has 1 saturated carbocycles. The molecule has 2 N–H and O–H groups in total. The summed E-state index contributed by atoms with van der Waals surface area (Å²) in [6.45, 7) is 1.29. The van der Waals surface area contributed by atoms with Gasteiger partial charge in [-0.1, -0.05) is 19.3 Å². The first-order chi connectivity index (χ1) is 11.2. The number of aromatic nitrogens is 2. The molecular weight excluding hydrogens is 292 g/mol. The Labute approximate surface area is 136 Å². The Morgan fingerprint density at radius 2 is 2.26 bits per heavy atom. The molecule has 1 aromatic heterocycles. The molecule has 0 spiro atoms. The molecule has 1 aliphatic heterocycles. The van der Waals surface area contributed by atoms with E-state index in [9.17, 15) is 10.1 Å². The molecular formula is C17H24N4O2. The summed E-state index contributed by atoms with van der Waals surface area (Å²) in [5, 5.41) is 19.3. The van der Waals surface area contributed by atoms with Gasteiger partial charge in [0.1, 0.15) is 5.41 Å². The van der Waals surface area contributed by atoms with Crippen molar-refractivity contribution in [2.75, 3.05) is 13.2 Å². The fourth-order valence-electron chi connectivity index (χ4n) is 3.78. The summed E-state index contributed by atoms with van der Waals surface area (Å²) in [5.74, 6) is 0.126. The minimum atomic E-state index is -0.821. The number of hydrogen-bond donors (Lipinski definition) is 2. The lowest BCUT2D eigenvalue weighted by molar-refractivity contribution is -0.130. The van der Waals surface area contributed by atoms with E-state index in [0.717, 1.165) is 44.3 Å². The third-order valence-electron chi connectivity index (χ3n) is 5.17. The standard InChI is InChI=1S/C17H24N4O2/c18-12-17(6-2-1-3-7-17)16(22)19-9-13-5-4-8-23-15(13)14-10-20-21-11-14/h10-11,13,15H,1-9H2,(H,19,22)(H,20,21)/t13-,15+/m0/s1. The predicted octanol–water partition coefficient (Wildman–Crippen LogP) is 2.47. The molecule has 1 amide bonds. The summed E-state index contributed by atoms with van der Waals surface area (Å²) in [6.07, 6.45) is 10.0. The number of carbonyl (C=O) groups excluding carboxylic acids is 1. The lowest BCUT2D eigenvalue weighted by atomic mass is 9.74. The van der Waals surface area contributed by atoms with Crippen LogP contribution in [0.5, 0.6) is 0 Å². The zero-order valence-electron chi connectivity index (χ0n) is 13.4. The molecule has 0 bridgehead atoms. The van der Waals surface area contributed by atoms with Gasteiger partial charge in [-0.25, -0.2) is 0 Å². The van der Waals surface area contributed by atoms with E-state index in [2.05, 4.69) is 21.6 Å². The van der Waals surface area contributed by atoms with Crippen LogP contribution < -0.4 is 5.32 Å². The summed E-state index contributed by atoms with van der Waals surface area (Å²) in [6, 6.07) is 2.29.